The standard InChI is InChI=1S/C16H9ClF6N4OS/c17-10-3-1-8(15(18,19)20)5-11(10)24-13(28)7-29-14-26-25-12-4-2-9(6-27(12)14)16(21,22)23/h1-6H,7H2,(H,24,28). The smallest absolute Gasteiger partial charge is 0.324 e. The van der Waals surface area contributed by atoms with Crippen LogP contribution >= 0.6 is 23.4 Å². The molecular formula is C16H9ClF6N4OS. The molecule has 0 aliphatic carbocycles. The van der Waals surface area contributed by atoms with Gasteiger partial charge in [0, 0.05) is 6.20 Å². The van der Waals surface area contributed by atoms with Crippen molar-refractivity contribution in [1.29, 1.82) is 0 Å². The summed E-state index contributed by atoms with van der Waals surface area (Å²) in [6.07, 6.45) is -8.40. The highest BCUT2D eigenvalue weighted by Gasteiger charge is 2.32. The maximum atomic E-state index is 12.8. The second kappa shape index (κ2) is 7.75. The summed E-state index contributed by atoms with van der Waals surface area (Å²) in [5, 5.41) is 9.57. The number of fused-ring (bicyclic) bond motifs is 1. The zero-order valence-corrected chi connectivity index (χ0v) is 15.5. The first-order chi connectivity index (χ1) is 13.4. The molecule has 1 N–H and O–H groups in total. The summed E-state index contributed by atoms with van der Waals surface area (Å²) in [5.41, 5.74) is -2.01. The van der Waals surface area contributed by atoms with E-state index in [4.69, 9.17) is 11.6 Å². The number of carbonyl (C=O) groups excluding carboxylic acids is 1. The van der Waals surface area contributed by atoms with Crippen LogP contribution in [0.1, 0.15) is 11.1 Å². The molecule has 0 saturated heterocycles. The number of hydrogen-bond donors (Lipinski definition) is 1. The van der Waals surface area contributed by atoms with Gasteiger partial charge in [-0.05, 0) is 30.3 Å². The van der Waals surface area contributed by atoms with Gasteiger partial charge in [-0.25, -0.2) is 0 Å². The van der Waals surface area contributed by atoms with E-state index in [1.54, 1.807) is 0 Å². The maximum Gasteiger partial charge on any atom is 0.417 e. The summed E-state index contributed by atoms with van der Waals surface area (Å²) < 4.78 is 77.9. The van der Waals surface area contributed by atoms with Gasteiger partial charge in [0.25, 0.3) is 0 Å². The minimum atomic E-state index is -4.62. The van der Waals surface area contributed by atoms with Gasteiger partial charge in [-0.2, -0.15) is 26.3 Å². The minimum Gasteiger partial charge on any atom is -0.324 e. The first-order valence-electron chi connectivity index (χ1n) is 7.66. The van der Waals surface area contributed by atoms with Crippen molar-refractivity contribution >= 4 is 40.6 Å². The summed E-state index contributed by atoms with van der Waals surface area (Å²) in [6, 6.07) is 4.43. The number of halogens is 7. The first kappa shape index (κ1) is 21.2. The number of nitrogens with one attached hydrogen (secondary N) is 1. The van der Waals surface area contributed by atoms with E-state index in [0.29, 0.717) is 6.07 Å². The Kier molecular flexibility index (Phi) is 5.68. The van der Waals surface area contributed by atoms with E-state index in [1.165, 1.54) is 0 Å². The quantitative estimate of drug-likeness (QED) is 0.437. The SMILES string of the molecule is O=C(CSc1nnc2ccc(C(F)(F)F)cn12)Nc1cc(C(F)(F)F)ccc1Cl. The number of rotatable bonds is 4. The number of thioether (sulfide) groups is 1. The molecule has 0 spiro atoms. The zero-order valence-electron chi connectivity index (χ0n) is 14.0. The van der Waals surface area contributed by atoms with Gasteiger partial charge >= 0.3 is 12.4 Å². The number of amides is 1. The lowest BCUT2D eigenvalue weighted by atomic mass is 10.2. The fourth-order valence-corrected chi connectivity index (χ4v) is 3.13. The molecule has 1 aromatic carbocycles. The van der Waals surface area contributed by atoms with Crippen LogP contribution in [-0.4, -0.2) is 26.3 Å². The Morgan fingerprint density at radius 1 is 1.03 bits per heavy atom. The lowest BCUT2D eigenvalue weighted by molar-refractivity contribution is -0.138. The van der Waals surface area contributed by atoms with E-state index in [-0.39, 0.29) is 27.3 Å². The van der Waals surface area contributed by atoms with Crippen LogP contribution in [0.25, 0.3) is 5.65 Å². The van der Waals surface area contributed by atoms with Crippen molar-refractivity contribution < 1.29 is 31.1 Å². The Bertz CT molecular complexity index is 1070. The molecule has 0 radical (unpaired) electrons. The third-order valence-corrected chi connectivity index (χ3v) is 4.87. The molecule has 0 bridgehead atoms. The van der Waals surface area contributed by atoms with Gasteiger partial charge in [0.05, 0.1) is 27.6 Å². The number of benzene rings is 1. The highest BCUT2D eigenvalue weighted by molar-refractivity contribution is 7.99. The lowest BCUT2D eigenvalue weighted by Crippen LogP contribution is -2.15. The van der Waals surface area contributed by atoms with Crippen LogP contribution in [0.4, 0.5) is 32.0 Å². The number of carbonyl (C=O) groups is 1. The molecule has 0 unspecified atom stereocenters. The molecule has 3 aromatic rings. The molecule has 3 rings (SSSR count). The topological polar surface area (TPSA) is 59.3 Å². The summed E-state index contributed by atoms with van der Waals surface area (Å²) in [6.45, 7) is 0. The van der Waals surface area contributed by atoms with Crippen molar-refractivity contribution in [3.05, 3.63) is 52.7 Å². The molecule has 29 heavy (non-hydrogen) atoms. The third kappa shape index (κ3) is 4.93. The van der Waals surface area contributed by atoms with Crippen LogP contribution in [0.2, 0.25) is 5.02 Å². The van der Waals surface area contributed by atoms with Gasteiger partial charge in [-0.1, -0.05) is 23.4 Å². The molecule has 1 amide bonds. The molecule has 0 aliphatic heterocycles. The lowest BCUT2D eigenvalue weighted by Gasteiger charge is -2.11. The van der Waals surface area contributed by atoms with E-state index < -0.39 is 29.4 Å². The van der Waals surface area contributed by atoms with Crippen molar-refractivity contribution in [2.45, 2.75) is 17.5 Å². The van der Waals surface area contributed by atoms with Crippen molar-refractivity contribution in [2.24, 2.45) is 0 Å². The summed E-state index contributed by atoms with van der Waals surface area (Å²) in [7, 11) is 0. The van der Waals surface area contributed by atoms with E-state index in [1.807, 2.05) is 0 Å². The van der Waals surface area contributed by atoms with Gasteiger partial charge in [0.15, 0.2) is 10.8 Å². The molecular weight excluding hydrogens is 446 g/mol. The molecule has 0 atom stereocenters. The summed E-state index contributed by atoms with van der Waals surface area (Å²) in [5.74, 6) is -1.07. The molecule has 2 heterocycles. The fourth-order valence-electron chi connectivity index (χ4n) is 2.25. The Morgan fingerprint density at radius 2 is 1.69 bits per heavy atom. The van der Waals surface area contributed by atoms with Crippen LogP contribution in [0.3, 0.4) is 0 Å². The predicted molar refractivity (Wildman–Crippen MR) is 93.8 cm³/mol. The van der Waals surface area contributed by atoms with E-state index >= 15 is 0 Å². The molecule has 13 heteroatoms. The van der Waals surface area contributed by atoms with Crippen LogP contribution in [-0.2, 0) is 17.1 Å². The van der Waals surface area contributed by atoms with Gasteiger partial charge in [0.2, 0.25) is 5.91 Å². The first-order valence-corrected chi connectivity index (χ1v) is 9.03. The highest BCUT2D eigenvalue weighted by Crippen LogP contribution is 2.34. The Morgan fingerprint density at radius 3 is 2.34 bits per heavy atom. The summed E-state index contributed by atoms with van der Waals surface area (Å²) >= 11 is 6.57. The van der Waals surface area contributed by atoms with Gasteiger partial charge in [-0.15, -0.1) is 10.2 Å². The highest BCUT2D eigenvalue weighted by atomic mass is 35.5. The zero-order chi connectivity index (χ0) is 21.4. The molecule has 2 aromatic heterocycles. The van der Waals surface area contributed by atoms with E-state index in [9.17, 15) is 31.1 Å². The molecule has 5 nitrogen and oxygen atoms in total. The van der Waals surface area contributed by atoms with E-state index in [2.05, 4.69) is 15.5 Å². The molecule has 154 valence electrons. The fraction of sp³-hybridized carbons (Fsp3) is 0.188. The Labute approximate surface area is 168 Å². The molecule has 0 fully saturated rings. The van der Waals surface area contributed by atoms with Crippen molar-refractivity contribution in [3.8, 4) is 0 Å². The summed E-state index contributed by atoms with van der Waals surface area (Å²) in [4.78, 5) is 12.1. The van der Waals surface area contributed by atoms with Gasteiger partial charge in [0.1, 0.15) is 0 Å². The predicted octanol–water partition coefficient (Wildman–Crippen LogP) is 5.15. The second-order valence-electron chi connectivity index (χ2n) is 5.66. The van der Waals surface area contributed by atoms with Crippen molar-refractivity contribution in [3.63, 3.8) is 0 Å². The maximum absolute atomic E-state index is 12.8. The largest absolute Gasteiger partial charge is 0.417 e. The third-order valence-electron chi connectivity index (χ3n) is 3.60. The monoisotopic (exact) mass is 454 g/mol. The van der Waals surface area contributed by atoms with Crippen LogP contribution in [0.5, 0.6) is 0 Å². The van der Waals surface area contributed by atoms with Crippen LogP contribution < -0.4 is 5.32 Å². The minimum absolute atomic E-state index is 0.0105. The average molecular weight is 455 g/mol. The second-order valence-corrected chi connectivity index (χ2v) is 7.01. The number of nitrogens with zero attached hydrogens (tertiary/aromatic N) is 3. The number of hydrogen-bond acceptors (Lipinski definition) is 4. The molecule has 0 saturated carbocycles. The normalized spacial score (nSPS) is 12.4. The van der Waals surface area contributed by atoms with Gasteiger partial charge < -0.3 is 5.32 Å². The number of anilines is 1. The van der Waals surface area contributed by atoms with E-state index in [0.717, 1.165) is 46.6 Å². The number of pyridine rings is 1. The van der Waals surface area contributed by atoms with Gasteiger partial charge in [-0.3, -0.25) is 9.20 Å². The van der Waals surface area contributed by atoms with Crippen molar-refractivity contribution in [2.75, 3.05) is 11.1 Å². The van der Waals surface area contributed by atoms with Crippen LogP contribution in [0, 0.1) is 0 Å². The van der Waals surface area contributed by atoms with Crippen molar-refractivity contribution in [1.82, 2.24) is 14.6 Å². The van der Waals surface area contributed by atoms with Crippen LogP contribution in [0.15, 0.2) is 41.7 Å². The number of aromatic nitrogens is 3. The number of alkyl halides is 6. The average Bonchev–Trinajstić information content (AvgIpc) is 3.02. The Balaban J connectivity index is 1.73. The Hall–Kier alpha value is -2.47. The molecule has 0 aliphatic rings.